The minimum atomic E-state index is -3.46. The van der Waals surface area contributed by atoms with Gasteiger partial charge in [0.25, 0.3) is 0 Å². The second-order valence-electron chi connectivity index (χ2n) is 8.15. The van der Waals surface area contributed by atoms with Crippen LogP contribution in [0.4, 0.5) is 0 Å². The van der Waals surface area contributed by atoms with Gasteiger partial charge in [-0.25, -0.2) is 8.42 Å². The first kappa shape index (κ1) is 23.6. The van der Waals surface area contributed by atoms with E-state index in [1.807, 2.05) is 30.3 Å². The van der Waals surface area contributed by atoms with Crippen LogP contribution in [0.5, 0.6) is 0 Å². The van der Waals surface area contributed by atoms with Crippen molar-refractivity contribution in [1.82, 2.24) is 14.5 Å². The van der Waals surface area contributed by atoms with Crippen LogP contribution in [0.3, 0.4) is 0 Å². The number of rotatable bonds is 9. The lowest BCUT2D eigenvalue weighted by atomic mass is 9.97. The zero-order valence-electron chi connectivity index (χ0n) is 18.0. The first-order valence-electron chi connectivity index (χ1n) is 10.5. The largest absolute Gasteiger partial charge is 0.355 e. The summed E-state index contributed by atoms with van der Waals surface area (Å²) < 4.78 is 26.6. The number of nitrogens with one attached hydrogen (secondary N) is 1. The van der Waals surface area contributed by atoms with Gasteiger partial charge in [0, 0.05) is 49.6 Å². The van der Waals surface area contributed by atoms with Crippen molar-refractivity contribution in [2.45, 2.75) is 52.6 Å². The average Bonchev–Trinajstić information content (AvgIpc) is 2.70. The Balaban J connectivity index is 1.80. The van der Waals surface area contributed by atoms with E-state index in [0.29, 0.717) is 44.6 Å². The maximum Gasteiger partial charge on any atom is 0.236 e. The molecule has 0 aliphatic carbocycles. The summed E-state index contributed by atoms with van der Waals surface area (Å²) in [5.41, 5.74) is 0.849. The smallest absolute Gasteiger partial charge is 0.236 e. The highest BCUT2D eigenvalue weighted by molar-refractivity contribution is 7.92. The summed E-state index contributed by atoms with van der Waals surface area (Å²) in [6.07, 6.45) is 2.73. The van der Waals surface area contributed by atoms with Gasteiger partial charge in [-0.05, 0) is 52.2 Å². The lowest BCUT2D eigenvalue weighted by Gasteiger charge is -2.32. The summed E-state index contributed by atoms with van der Waals surface area (Å²) in [6.45, 7) is 10.8. The zero-order chi connectivity index (χ0) is 21.4. The van der Waals surface area contributed by atoms with Crippen molar-refractivity contribution in [3.05, 3.63) is 41.3 Å². The van der Waals surface area contributed by atoms with E-state index in [1.165, 1.54) is 9.71 Å². The normalized spacial score (nSPS) is 16.9. The van der Waals surface area contributed by atoms with E-state index in [0.717, 1.165) is 12.1 Å². The molecule has 0 saturated carbocycles. The molecular formula is C22H35N3O3S. The molecule has 7 heteroatoms. The Kier molecular flexibility index (Phi) is 8.86. The SMILES string of the molecule is CC(C)N(CCNC(=O)C1CCN(S(=O)(=O)/C=C/c2ccccc2)CC1)C(C)C. The Bertz CT molecular complexity index is 760. The Labute approximate surface area is 176 Å². The molecule has 6 nitrogen and oxygen atoms in total. The molecule has 1 aliphatic heterocycles. The molecule has 0 bridgehead atoms. The Morgan fingerprint density at radius 2 is 1.72 bits per heavy atom. The van der Waals surface area contributed by atoms with E-state index < -0.39 is 10.0 Å². The summed E-state index contributed by atoms with van der Waals surface area (Å²) in [5, 5.41) is 4.29. The molecule has 29 heavy (non-hydrogen) atoms. The number of hydrogen-bond acceptors (Lipinski definition) is 4. The molecule has 0 radical (unpaired) electrons. The van der Waals surface area contributed by atoms with Crippen LogP contribution in [0, 0.1) is 5.92 Å². The quantitative estimate of drug-likeness (QED) is 0.666. The van der Waals surface area contributed by atoms with E-state index in [1.54, 1.807) is 6.08 Å². The van der Waals surface area contributed by atoms with Crippen molar-refractivity contribution in [2.75, 3.05) is 26.2 Å². The van der Waals surface area contributed by atoms with Crippen LogP contribution < -0.4 is 5.32 Å². The minimum Gasteiger partial charge on any atom is -0.355 e. The van der Waals surface area contributed by atoms with Crippen LogP contribution in [0.15, 0.2) is 35.7 Å². The monoisotopic (exact) mass is 421 g/mol. The topological polar surface area (TPSA) is 69.7 Å². The lowest BCUT2D eigenvalue weighted by Crippen LogP contribution is -2.45. The molecular weight excluding hydrogens is 386 g/mol. The number of carbonyl (C=O) groups excluding carboxylic acids is 1. The van der Waals surface area contributed by atoms with E-state index in [4.69, 9.17) is 0 Å². The fraction of sp³-hybridized carbons (Fsp3) is 0.591. The fourth-order valence-electron chi connectivity index (χ4n) is 3.75. The van der Waals surface area contributed by atoms with Gasteiger partial charge in [0.2, 0.25) is 15.9 Å². The molecule has 2 rings (SSSR count). The van der Waals surface area contributed by atoms with E-state index in [9.17, 15) is 13.2 Å². The Morgan fingerprint density at radius 3 is 2.28 bits per heavy atom. The first-order valence-corrected chi connectivity index (χ1v) is 12.0. The van der Waals surface area contributed by atoms with Gasteiger partial charge in [0.1, 0.15) is 0 Å². The van der Waals surface area contributed by atoms with Crippen LogP contribution in [-0.2, 0) is 14.8 Å². The molecule has 1 fully saturated rings. The van der Waals surface area contributed by atoms with Crippen molar-refractivity contribution in [3.63, 3.8) is 0 Å². The molecule has 0 atom stereocenters. The number of hydrogen-bond donors (Lipinski definition) is 1. The number of piperidine rings is 1. The maximum absolute atomic E-state index is 12.5. The molecule has 0 aromatic heterocycles. The summed E-state index contributed by atoms with van der Waals surface area (Å²) in [7, 11) is -3.46. The first-order chi connectivity index (χ1) is 13.7. The molecule has 1 N–H and O–H groups in total. The molecule has 1 aliphatic rings. The number of benzene rings is 1. The highest BCUT2D eigenvalue weighted by Crippen LogP contribution is 2.21. The predicted octanol–water partition coefficient (Wildman–Crippen LogP) is 2.93. The van der Waals surface area contributed by atoms with Gasteiger partial charge in [-0.1, -0.05) is 30.3 Å². The third kappa shape index (κ3) is 7.24. The molecule has 162 valence electrons. The van der Waals surface area contributed by atoms with Gasteiger partial charge in [-0.2, -0.15) is 4.31 Å². The van der Waals surface area contributed by atoms with Crippen molar-refractivity contribution >= 4 is 22.0 Å². The summed E-state index contributed by atoms with van der Waals surface area (Å²) in [4.78, 5) is 14.8. The van der Waals surface area contributed by atoms with Crippen LogP contribution in [-0.4, -0.2) is 61.8 Å². The van der Waals surface area contributed by atoms with Crippen molar-refractivity contribution < 1.29 is 13.2 Å². The second-order valence-corrected chi connectivity index (χ2v) is 9.97. The minimum absolute atomic E-state index is 0.0364. The van der Waals surface area contributed by atoms with Gasteiger partial charge in [0.05, 0.1) is 0 Å². The summed E-state index contributed by atoms with van der Waals surface area (Å²) in [6, 6.07) is 10.2. The highest BCUT2D eigenvalue weighted by Gasteiger charge is 2.29. The van der Waals surface area contributed by atoms with Gasteiger partial charge in [-0.15, -0.1) is 0 Å². The predicted molar refractivity (Wildman–Crippen MR) is 119 cm³/mol. The zero-order valence-corrected chi connectivity index (χ0v) is 18.9. The Hall–Kier alpha value is -1.70. The standard InChI is InChI=1S/C22H35N3O3S/c1-18(2)25(19(3)4)16-13-23-22(26)21-10-14-24(15-11-21)29(27,28)17-12-20-8-6-5-7-9-20/h5-9,12,17-19,21H,10-11,13-16H2,1-4H3,(H,23,26)/b17-12+. The van der Waals surface area contributed by atoms with Gasteiger partial charge >= 0.3 is 0 Å². The number of sulfonamides is 1. The highest BCUT2D eigenvalue weighted by atomic mass is 32.2. The maximum atomic E-state index is 12.5. The lowest BCUT2D eigenvalue weighted by molar-refractivity contribution is -0.126. The molecule has 1 amide bonds. The van der Waals surface area contributed by atoms with E-state index in [2.05, 4.69) is 37.9 Å². The summed E-state index contributed by atoms with van der Waals surface area (Å²) >= 11 is 0. The average molecular weight is 422 g/mol. The van der Waals surface area contributed by atoms with Crippen molar-refractivity contribution in [3.8, 4) is 0 Å². The fourth-order valence-corrected chi connectivity index (χ4v) is 4.97. The second kappa shape index (κ2) is 10.9. The van der Waals surface area contributed by atoms with Crippen LogP contribution >= 0.6 is 0 Å². The molecule has 1 aromatic carbocycles. The third-order valence-electron chi connectivity index (χ3n) is 5.41. The van der Waals surface area contributed by atoms with Crippen molar-refractivity contribution in [1.29, 1.82) is 0 Å². The van der Waals surface area contributed by atoms with Gasteiger partial charge in [0.15, 0.2) is 0 Å². The van der Waals surface area contributed by atoms with Crippen LogP contribution in [0.2, 0.25) is 0 Å². The van der Waals surface area contributed by atoms with E-state index >= 15 is 0 Å². The number of nitrogens with zero attached hydrogens (tertiary/aromatic N) is 2. The number of amides is 1. The Morgan fingerprint density at radius 1 is 1.14 bits per heavy atom. The third-order valence-corrected chi connectivity index (χ3v) is 6.98. The number of carbonyl (C=O) groups is 1. The van der Waals surface area contributed by atoms with Gasteiger partial charge < -0.3 is 5.32 Å². The van der Waals surface area contributed by atoms with Crippen molar-refractivity contribution in [2.24, 2.45) is 5.92 Å². The summed E-state index contributed by atoms with van der Waals surface area (Å²) in [5.74, 6) is -0.0829. The molecule has 1 heterocycles. The molecule has 1 aromatic rings. The molecule has 0 spiro atoms. The molecule has 0 unspecified atom stereocenters. The van der Waals surface area contributed by atoms with Gasteiger partial charge in [-0.3, -0.25) is 9.69 Å². The molecule has 1 saturated heterocycles. The van der Waals surface area contributed by atoms with Crippen LogP contribution in [0.25, 0.3) is 6.08 Å². The van der Waals surface area contributed by atoms with Crippen LogP contribution in [0.1, 0.15) is 46.1 Å². The van der Waals surface area contributed by atoms with E-state index in [-0.39, 0.29) is 11.8 Å².